The number of carbonyl (C=O) groups excluding carboxylic acids is 1. The van der Waals surface area contributed by atoms with Crippen LogP contribution in [0.3, 0.4) is 0 Å². The van der Waals surface area contributed by atoms with Crippen molar-refractivity contribution in [2.45, 2.75) is 6.54 Å². The normalized spacial score (nSPS) is 12.4. The number of aromatic nitrogens is 2. The van der Waals surface area contributed by atoms with Gasteiger partial charge in [-0.3, -0.25) is 24.8 Å². The zero-order valence-corrected chi connectivity index (χ0v) is 17.9. The molecule has 4 aromatic rings. The first kappa shape index (κ1) is 20.6. The molecule has 33 heavy (non-hydrogen) atoms. The molecule has 9 nitrogen and oxygen atoms in total. The highest BCUT2D eigenvalue weighted by atomic mass is 32.1. The van der Waals surface area contributed by atoms with Crippen LogP contribution in [0.25, 0.3) is 16.3 Å². The van der Waals surface area contributed by atoms with Crippen molar-refractivity contribution in [3.8, 4) is 11.5 Å². The van der Waals surface area contributed by atoms with E-state index < -0.39 is 4.92 Å². The number of non-ortho nitro benzene ring substituents is 1. The molecule has 0 unspecified atom stereocenters. The number of fused-ring (bicyclic) bond motifs is 2. The molecular weight excluding hydrogens is 444 g/mol. The van der Waals surface area contributed by atoms with E-state index in [0.29, 0.717) is 27.7 Å². The third-order valence-electron chi connectivity index (χ3n) is 4.93. The van der Waals surface area contributed by atoms with Crippen molar-refractivity contribution in [1.29, 1.82) is 0 Å². The largest absolute Gasteiger partial charge is 0.454 e. The van der Waals surface area contributed by atoms with Crippen LogP contribution in [0.2, 0.25) is 0 Å². The minimum Gasteiger partial charge on any atom is -0.454 e. The summed E-state index contributed by atoms with van der Waals surface area (Å²) in [7, 11) is 0. The lowest BCUT2D eigenvalue weighted by atomic mass is 10.2. The molecule has 1 aliphatic heterocycles. The molecular formula is C23H16N4O5S. The van der Waals surface area contributed by atoms with E-state index in [1.54, 1.807) is 47.6 Å². The molecule has 0 atom stereocenters. The summed E-state index contributed by atoms with van der Waals surface area (Å²) in [5.74, 6) is 0.952. The molecule has 3 heterocycles. The maximum atomic E-state index is 13.2. The molecule has 0 aliphatic carbocycles. The van der Waals surface area contributed by atoms with E-state index >= 15 is 0 Å². The fourth-order valence-corrected chi connectivity index (χ4v) is 4.32. The van der Waals surface area contributed by atoms with E-state index in [1.807, 2.05) is 12.1 Å². The van der Waals surface area contributed by atoms with Crippen molar-refractivity contribution in [1.82, 2.24) is 9.97 Å². The van der Waals surface area contributed by atoms with Crippen LogP contribution in [0.5, 0.6) is 11.5 Å². The van der Waals surface area contributed by atoms with E-state index in [-0.39, 0.29) is 24.9 Å². The van der Waals surface area contributed by atoms with Gasteiger partial charge in [-0.1, -0.05) is 29.5 Å². The van der Waals surface area contributed by atoms with E-state index in [2.05, 4.69) is 9.97 Å². The average molecular weight is 460 g/mol. The van der Waals surface area contributed by atoms with Gasteiger partial charge in [-0.05, 0) is 23.3 Å². The van der Waals surface area contributed by atoms with Gasteiger partial charge in [0.25, 0.3) is 11.6 Å². The Labute approximate surface area is 191 Å². The number of amides is 1. The summed E-state index contributed by atoms with van der Waals surface area (Å²) < 4.78 is 11.7. The number of anilines is 1. The molecule has 10 heteroatoms. The van der Waals surface area contributed by atoms with Gasteiger partial charge in [0.2, 0.25) is 6.79 Å². The molecule has 1 aliphatic rings. The van der Waals surface area contributed by atoms with Gasteiger partial charge in [-0.2, -0.15) is 0 Å². The Kier molecular flexibility index (Phi) is 5.41. The second-order valence-electron chi connectivity index (χ2n) is 7.14. The number of pyridine rings is 1. The summed E-state index contributed by atoms with van der Waals surface area (Å²) >= 11 is 1.36. The second kappa shape index (κ2) is 8.67. The Morgan fingerprint density at radius 3 is 2.82 bits per heavy atom. The van der Waals surface area contributed by atoms with E-state index in [1.165, 1.54) is 29.5 Å². The minimum atomic E-state index is -0.472. The third kappa shape index (κ3) is 4.37. The second-order valence-corrected chi connectivity index (χ2v) is 8.15. The van der Waals surface area contributed by atoms with Gasteiger partial charge >= 0.3 is 0 Å². The SMILES string of the molecule is O=C(/C=C/c1cccc([N+](=O)[O-])c1)N(Cc1cccnc1)c1nc2cc3c(cc2s1)OCO3. The molecule has 1 amide bonds. The van der Waals surface area contributed by atoms with Crippen molar-refractivity contribution < 1.29 is 19.2 Å². The summed E-state index contributed by atoms with van der Waals surface area (Å²) in [5.41, 5.74) is 2.04. The van der Waals surface area contributed by atoms with Gasteiger partial charge in [0.15, 0.2) is 16.6 Å². The number of ether oxygens (including phenoxy) is 2. The number of benzene rings is 2. The molecule has 0 radical (unpaired) electrons. The van der Waals surface area contributed by atoms with Crippen LogP contribution in [0.4, 0.5) is 10.8 Å². The molecule has 2 aromatic carbocycles. The Hall–Kier alpha value is -4.31. The first-order valence-electron chi connectivity index (χ1n) is 9.90. The maximum Gasteiger partial charge on any atom is 0.270 e. The van der Waals surface area contributed by atoms with Crippen LogP contribution in [0.1, 0.15) is 11.1 Å². The highest BCUT2D eigenvalue weighted by Crippen LogP contribution is 2.40. The molecule has 0 bridgehead atoms. The van der Waals surface area contributed by atoms with Gasteiger partial charge in [-0.25, -0.2) is 4.98 Å². The van der Waals surface area contributed by atoms with Crippen molar-refractivity contribution in [2.24, 2.45) is 0 Å². The molecule has 164 valence electrons. The minimum absolute atomic E-state index is 0.0412. The molecule has 0 saturated carbocycles. The summed E-state index contributed by atoms with van der Waals surface area (Å²) in [6, 6.07) is 13.4. The van der Waals surface area contributed by atoms with Gasteiger partial charge in [0.1, 0.15) is 0 Å². The molecule has 0 spiro atoms. The summed E-state index contributed by atoms with van der Waals surface area (Å²) in [6.07, 6.45) is 6.29. The lowest BCUT2D eigenvalue weighted by Crippen LogP contribution is -2.28. The first-order chi connectivity index (χ1) is 16.1. The van der Waals surface area contributed by atoms with Crippen LogP contribution in [-0.2, 0) is 11.3 Å². The Bertz CT molecular complexity index is 1350. The zero-order chi connectivity index (χ0) is 22.8. The van der Waals surface area contributed by atoms with Gasteiger partial charge in [0.05, 0.1) is 21.7 Å². The van der Waals surface area contributed by atoms with Crippen LogP contribution in [0, 0.1) is 10.1 Å². The number of nitro benzene ring substituents is 1. The monoisotopic (exact) mass is 460 g/mol. The van der Waals surface area contributed by atoms with Gasteiger partial charge in [0, 0.05) is 42.7 Å². The topological polar surface area (TPSA) is 108 Å². The standard InChI is InChI=1S/C23H16N4O5S/c28-22(7-6-15-3-1-5-17(9-15)27(29)30)26(13-16-4-2-8-24-12-16)23-25-18-10-19-20(32-14-31-19)11-21(18)33-23/h1-12H,13-14H2/b7-6+. The Balaban J connectivity index is 1.48. The fourth-order valence-electron chi connectivity index (χ4n) is 3.33. The van der Waals surface area contributed by atoms with Crippen LogP contribution in [-0.4, -0.2) is 27.6 Å². The van der Waals surface area contributed by atoms with Crippen LogP contribution < -0.4 is 14.4 Å². The van der Waals surface area contributed by atoms with Gasteiger partial charge in [-0.15, -0.1) is 0 Å². The smallest absolute Gasteiger partial charge is 0.270 e. The summed E-state index contributed by atoms with van der Waals surface area (Å²) in [4.78, 5) is 34.1. The number of carbonyl (C=O) groups is 1. The van der Waals surface area contributed by atoms with E-state index in [9.17, 15) is 14.9 Å². The molecule has 2 aromatic heterocycles. The highest BCUT2D eigenvalue weighted by molar-refractivity contribution is 7.22. The lowest BCUT2D eigenvalue weighted by molar-refractivity contribution is -0.384. The number of hydrogen-bond acceptors (Lipinski definition) is 8. The first-order valence-corrected chi connectivity index (χ1v) is 10.7. The highest BCUT2D eigenvalue weighted by Gasteiger charge is 2.21. The summed E-state index contributed by atoms with van der Waals surface area (Å²) in [6.45, 7) is 0.437. The predicted molar refractivity (Wildman–Crippen MR) is 123 cm³/mol. The number of rotatable bonds is 6. The lowest BCUT2D eigenvalue weighted by Gasteiger charge is -2.18. The van der Waals surface area contributed by atoms with E-state index in [4.69, 9.17) is 9.47 Å². The third-order valence-corrected chi connectivity index (χ3v) is 5.97. The van der Waals surface area contributed by atoms with Crippen LogP contribution in [0.15, 0.2) is 67.0 Å². The number of hydrogen-bond donors (Lipinski definition) is 0. The van der Waals surface area contributed by atoms with Crippen molar-refractivity contribution >= 4 is 44.4 Å². The van der Waals surface area contributed by atoms with Crippen molar-refractivity contribution in [3.63, 3.8) is 0 Å². The molecule has 0 fully saturated rings. The Morgan fingerprint density at radius 2 is 2.03 bits per heavy atom. The number of nitrogens with zero attached hydrogens (tertiary/aromatic N) is 4. The summed E-state index contributed by atoms with van der Waals surface area (Å²) in [5, 5.41) is 11.5. The predicted octanol–water partition coefficient (Wildman–Crippen LogP) is 4.57. The molecule has 0 saturated heterocycles. The number of nitro groups is 1. The average Bonchev–Trinajstić information content (AvgIpc) is 3.46. The maximum absolute atomic E-state index is 13.2. The van der Waals surface area contributed by atoms with E-state index in [0.717, 1.165) is 10.3 Å². The van der Waals surface area contributed by atoms with Crippen molar-refractivity contribution in [2.75, 3.05) is 11.7 Å². The van der Waals surface area contributed by atoms with Crippen LogP contribution >= 0.6 is 11.3 Å². The quantitative estimate of drug-likeness (QED) is 0.235. The number of thiazole rings is 1. The van der Waals surface area contributed by atoms with Crippen molar-refractivity contribution in [3.05, 3.63) is 88.2 Å². The Morgan fingerprint density at radius 1 is 1.18 bits per heavy atom. The zero-order valence-electron chi connectivity index (χ0n) is 17.1. The molecule has 0 N–H and O–H groups in total. The fraction of sp³-hybridized carbons (Fsp3) is 0.0870. The van der Waals surface area contributed by atoms with Gasteiger partial charge < -0.3 is 9.47 Å². The molecule has 5 rings (SSSR count).